The summed E-state index contributed by atoms with van der Waals surface area (Å²) in [5, 5.41) is 0. The van der Waals surface area contributed by atoms with Gasteiger partial charge >= 0.3 is 6.41 Å². The molecule has 0 atom stereocenters. The molecule has 0 unspecified atom stereocenters. The predicted molar refractivity (Wildman–Crippen MR) is 31.6 cm³/mol. The Kier molecular flexibility index (Phi) is 1.06. The molecule has 0 spiro atoms. The molecule has 3 heteroatoms. The molecule has 2 saturated heterocycles. The molecule has 0 aliphatic carbocycles. The van der Waals surface area contributed by atoms with E-state index in [1.54, 1.807) is 0 Å². The molecule has 0 radical (unpaired) electrons. The molecular weight excluding hydrogens is 118 g/mol. The van der Waals surface area contributed by atoms with Crippen LogP contribution in [0.4, 0.5) is 0 Å². The minimum Gasteiger partial charge on any atom is -0.300 e. The molecule has 2 heterocycles. The number of hydrogen-bond donors (Lipinski definition) is 0. The largest absolute Gasteiger partial charge is 0.309 e. The van der Waals surface area contributed by atoms with Gasteiger partial charge in [-0.2, -0.15) is 0 Å². The third-order valence-corrected chi connectivity index (χ3v) is 2.23. The highest BCUT2D eigenvalue weighted by Crippen LogP contribution is 2.24. The van der Waals surface area contributed by atoms with E-state index in [4.69, 9.17) is 9.47 Å². The second kappa shape index (κ2) is 1.68. The fourth-order valence-electron chi connectivity index (χ4n) is 1.45. The Morgan fingerprint density at radius 2 is 1.78 bits per heavy atom. The van der Waals surface area contributed by atoms with Crippen LogP contribution < -0.4 is 0 Å². The second-order valence-corrected chi connectivity index (χ2v) is 2.98. The smallest absolute Gasteiger partial charge is 0.300 e. The summed E-state index contributed by atoms with van der Waals surface area (Å²) in [5.41, 5.74) is 0. The second-order valence-electron chi connectivity index (χ2n) is 2.98. The molecule has 3 nitrogen and oxygen atoms in total. The van der Waals surface area contributed by atoms with Gasteiger partial charge in [0.1, 0.15) is 26.3 Å². The quantitative estimate of drug-likeness (QED) is 0.422. The van der Waals surface area contributed by atoms with Crippen LogP contribution in [0.15, 0.2) is 0 Å². The van der Waals surface area contributed by atoms with Crippen LogP contribution in [0.25, 0.3) is 0 Å². The van der Waals surface area contributed by atoms with E-state index in [-0.39, 0.29) is 6.41 Å². The molecule has 0 saturated carbocycles. The number of rotatable bonds is 0. The van der Waals surface area contributed by atoms with Gasteiger partial charge in [-0.3, -0.25) is 14.0 Å². The molecular formula is C6H12NO2+. The van der Waals surface area contributed by atoms with Crippen molar-refractivity contribution in [3.05, 3.63) is 0 Å². The Morgan fingerprint density at radius 3 is 2.22 bits per heavy atom. The lowest BCUT2D eigenvalue weighted by molar-refractivity contribution is -0.932. The topological polar surface area (TPSA) is 18.5 Å². The van der Waals surface area contributed by atoms with Gasteiger partial charge in [-0.25, -0.2) is 0 Å². The lowest BCUT2D eigenvalue weighted by Crippen LogP contribution is -2.44. The standard InChI is InChI=1S/C6H12NO2/c1-7-2-4-8-6(7)9-5-3-7/h6H,2-5H2,1H3/q+1. The molecule has 0 aromatic heterocycles. The maximum atomic E-state index is 5.33. The van der Waals surface area contributed by atoms with Crippen LogP contribution >= 0.6 is 0 Å². The summed E-state index contributed by atoms with van der Waals surface area (Å²) < 4.78 is 11.6. The van der Waals surface area contributed by atoms with Crippen molar-refractivity contribution in [2.75, 3.05) is 33.4 Å². The number of likely N-dealkylation sites (N-methyl/N-ethyl adjacent to an activating group) is 1. The summed E-state index contributed by atoms with van der Waals surface area (Å²) in [6.07, 6.45) is 0.0602. The van der Waals surface area contributed by atoms with Gasteiger partial charge in [-0.15, -0.1) is 0 Å². The summed E-state index contributed by atoms with van der Waals surface area (Å²) >= 11 is 0. The van der Waals surface area contributed by atoms with Crippen molar-refractivity contribution in [1.82, 2.24) is 0 Å². The van der Waals surface area contributed by atoms with E-state index in [9.17, 15) is 0 Å². The normalized spacial score (nSPS) is 49.7. The van der Waals surface area contributed by atoms with Gasteiger partial charge in [0, 0.05) is 0 Å². The van der Waals surface area contributed by atoms with E-state index in [2.05, 4.69) is 7.05 Å². The SMILES string of the molecule is C[N+]12CCOC1OCC2. The number of nitrogens with zero attached hydrogens (tertiary/aromatic N) is 1. The zero-order valence-corrected chi connectivity index (χ0v) is 5.67. The molecule has 52 valence electrons. The van der Waals surface area contributed by atoms with Gasteiger partial charge in [0.25, 0.3) is 0 Å². The molecule has 0 amide bonds. The van der Waals surface area contributed by atoms with Gasteiger partial charge < -0.3 is 0 Å². The van der Waals surface area contributed by atoms with Crippen LogP contribution in [0.2, 0.25) is 0 Å². The average Bonchev–Trinajstić information content (AvgIpc) is 2.22. The minimum absolute atomic E-state index is 0.0602. The van der Waals surface area contributed by atoms with Crippen LogP contribution in [0.1, 0.15) is 0 Å². The molecule has 2 aliphatic heterocycles. The van der Waals surface area contributed by atoms with Gasteiger partial charge in [0.2, 0.25) is 0 Å². The summed E-state index contributed by atoms with van der Waals surface area (Å²) in [4.78, 5) is 0. The van der Waals surface area contributed by atoms with Crippen LogP contribution in [-0.2, 0) is 9.47 Å². The monoisotopic (exact) mass is 130 g/mol. The Balaban J connectivity index is 2.17. The molecule has 2 rings (SSSR count). The Morgan fingerprint density at radius 1 is 1.22 bits per heavy atom. The molecule has 0 N–H and O–H groups in total. The fraction of sp³-hybridized carbons (Fsp3) is 1.00. The van der Waals surface area contributed by atoms with Crippen molar-refractivity contribution in [3.63, 3.8) is 0 Å². The van der Waals surface area contributed by atoms with Crippen LogP contribution in [-0.4, -0.2) is 44.2 Å². The third kappa shape index (κ3) is 0.689. The van der Waals surface area contributed by atoms with Crippen molar-refractivity contribution >= 4 is 0 Å². The predicted octanol–water partition coefficient (Wildman–Crippen LogP) is -0.223. The fourth-order valence-corrected chi connectivity index (χ4v) is 1.45. The molecule has 0 bridgehead atoms. The maximum absolute atomic E-state index is 5.33. The van der Waals surface area contributed by atoms with E-state index in [1.165, 1.54) is 0 Å². The van der Waals surface area contributed by atoms with Crippen molar-refractivity contribution in [2.45, 2.75) is 6.41 Å². The van der Waals surface area contributed by atoms with E-state index in [0.29, 0.717) is 0 Å². The van der Waals surface area contributed by atoms with Crippen molar-refractivity contribution in [3.8, 4) is 0 Å². The summed E-state index contributed by atoms with van der Waals surface area (Å²) in [6.45, 7) is 3.96. The van der Waals surface area contributed by atoms with Gasteiger partial charge in [-0.05, 0) is 0 Å². The summed E-state index contributed by atoms with van der Waals surface area (Å²) in [5.74, 6) is 0. The van der Waals surface area contributed by atoms with Crippen molar-refractivity contribution < 1.29 is 14.0 Å². The number of hydrogen-bond acceptors (Lipinski definition) is 2. The third-order valence-electron chi connectivity index (χ3n) is 2.23. The molecule has 9 heavy (non-hydrogen) atoms. The van der Waals surface area contributed by atoms with Crippen LogP contribution in [0.3, 0.4) is 0 Å². The van der Waals surface area contributed by atoms with Crippen molar-refractivity contribution in [1.29, 1.82) is 0 Å². The van der Waals surface area contributed by atoms with E-state index < -0.39 is 0 Å². The first-order valence-electron chi connectivity index (χ1n) is 3.39. The Bertz CT molecular complexity index is 116. The molecule has 0 aromatic rings. The average molecular weight is 130 g/mol. The first-order valence-corrected chi connectivity index (χ1v) is 3.39. The van der Waals surface area contributed by atoms with Crippen LogP contribution in [0, 0.1) is 0 Å². The minimum atomic E-state index is 0.0602. The highest BCUT2D eigenvalue weighted by atomic mass is 16.7. The number of quaternary nitrogens is 1. The van der Waals surface area contributed by atoms with Crippen molar-refractivity contribution in [2.24, 2.45) is 0 Å². The molecule has 0 aromatic carbocycles. The zero-order valence-electron chi connectivity index (χ0n) is 5.67. The Hall–Kier alpha value is -0.120. The first kappa shape index (κ1) is 5.65. The van der Waals surface area contributed by atoms with Crippen LogP contribution in [0.5, 0.6) is 0 Å². The van der Waals surface area contributed by atoms with E-state index in [1.807, 2.05) is 0 Å². The highest BCUT2D eigenvalue weighted by molar-refractivity contribution is 4.52. The maximum Gasteiger partial charge on any atom is 0.309 e. The molecule has 2 fully saturated rings. The Labute approximate surface area is 54.7 Å². The van der Waals surface area contributed by atoms with Gasteiger partial charge in [0.05, 0.1) is 7.05 Å². The highest BCUT2D eigenvalue weighted by Gasteiger charge is 2.44. The lowest BCUT2D eigenvalue weighted by Gasteiger charge is -2.23. The van der Waals surface area contributed by atoms with E-state index >= 15 is 0 Å². The van der Waals surface area contributed by atoms with Gasteiger partial charge in [-0.1, -0.05) is 0 Å². The lowest BCUT2D eigenvalue weighted by atomic mass is 10.5. The molecule has 2 aliphatic rings. The number of ether oxygens (including phenoxy) is 2. The van der Waals surface area contributed by atoms with E-state index in [0.717, 1.165) is 30.8 Å². The zero-order chi connectivity index (χ0) is 6.32. The number of fused-ring (bicyclic) bond motifs is 1. The first-order chi connectivity index (χ1) is 4.31. The van der Waals surface area contributed by atoms with Gasteiger partial charge in [0.15, 0.2) is 0 Å². The summed E-state index contributed by atoms with van der Waals surface area (Å²) in [6, 6.07) is 0. The summed E-state index contributed by atoms with van der Waals surface area (Å²) in [7, 11) is 2.19.